The van der Waals surface area contributed by atoms with E-state index in [1.807, 2.05) is 41.3 Å². The van der Waals surface area contributed by atoms with Crippen LogP contribution in [0.4, 0.5) is 5.82 Å². The monoisotopic (exact) mass is 367 g/mol. The SMILES string of the molecule is NCCC1CN(C(=O)c2ccc(-c3ccc(NC4CC4)nn3)cc2)CCO1. The number of aromatic nitrogens is 2. The zero-order valence-electron chi connectivity index (χ0n) is 15.3. The van der Waals surface area contributed by atoms with Gasteiger partial charge in [-0.1, -0.05) is 12.1 Å². The van der Waals surface area contributed by atoms with Crippen molar-refractivity contribution in [3.05, 3.63) is 42.0 Å². The maximum Gasteiger partial charge on any atom is 0.254 e. The van der Waals surface area contributed by atoms with E-state index in [2.05, 4.69) is 15.5 Å². The topological polar surface area (TPSA) is 93.4 Å². The van der Waals surface area contributed by atoms with Gasteiger partial charge >= 0.3 is 0 Å². The average Bonchev–Trinajstić information content (AvgIpc) is 3.53. The maximum atomic E-state index is 12.8. The number of carbonyl (C=O) groups excluding carboxylic acids is 1. The first-order valence-corrected chi connectivity index (χ1v) is 9.54. The van der Waals surface area contributed by atoms with Crippen LogP contribution < -0.4 is 11.1 Å². The molecule has 1 saturated carbocycles. The van der Waals surface area contributed by atoms with E-state index < -0.39 is 0 Å². The summed E-state index contributed by atoms with van der Waals surface area (Å²) in [5.41, 5.74) is 8.02. The summed E-state index contributed by atoms with van der Waals surface area (Å²) in [5.74, 6) is 0.842. The summed E-state index contributed by atoms with van der Waals surface area (Å²) in [7, 11) is 0. The molecule has 0 bridgehead atoms. The van der Waals surface area contributed by atoms with Crippen molar-refractivity contribution in [2.75, 3.05) is 31.6 Å². The Kier molecular flexibility index (Phi) is 5.31. The lowest BCUT2D eigenvalue weighted by atomic mass is 10.1. The Bertz CT molecular complexity index is 772. The second-order valence-corrected chi connectivity index (χ2v) is 7.12. The van der Waals surface area contributed by atoms with E-state index in [4.69, 9.17) is 10.5 Å². The zero-order valence-corrected chi connectivity index (χ0v) is 15.3. The smallest absolute Gasteiger partial charge is 0.254 e. The number of rotatable bonds is 6. The Morgan fingerprint density at radius 3 is 2.67 bits per heavy atom. The molecule has 1 aliphatic heterocycles. The predicted molar refractivity (Wildman–Crippen MR) is 103 cm³/mol. The van der Waals surface area contributed by atoms with E-state index in [0.717, 1.165) is 23.5 Å². The van der Waals surface area contributed by atoms with Gasteiger partial charge in [-0.05, 0) is 50.1 Å². The van der Waals surface area contributed by atoms with Gasteiger partial charge in [-0.2, -0.15) is 0 Å². The summed E-state index contributed by atoms with van der Waals surface area (Å²) < 4.78 is 5.65. The number of amides is 1. The van der Waals surface area contributed by atoms with Crippen LogP contribution in [0.3, 0.4) is 0 Å². The molecule has 1 atom stereocenters. The summed E-state index contributed by atoms with van der Waals surface area (Å²) in [5, 5.41) is 11.8. The van der Waals surface area contributed by atoms with Crippen molar-refractivity contribution in [1.29, 1.82) is 0 Å². The largest absolute Gasteiger partial charge is 0.374 e. The van der Waals surface area contributed by atoms with Gasteiger partial charge in [0, 0.05) is 30.3 Å². The van der Waals surface area contributed by atoms with Gasteiger partial charge in [0.05, 0.1) is 18.4 Å². The molecule has 1 aliphatic carbocycles. The standard InChI is InChI=1S/C20H25N5O2/c21-10-9-17-13-25(11-12-27-17)20(26)15-3-1-14(2-4-15)18-7-8-19(24-23-18)22-16-5-6-16/h1-4,7-8,16-17H,5-6,9-13,21H2,(H,22,24). The lowest BCUT2D eigenvalue weighted by molar-refractivity contribution is -0.0236. The molecule has 2 aliphatic rings. The van der Waals surface area contributed by atoms with Crippen molar-refractivity contribution >= 4 is 11.7 Å². The fourth-order valence-corrected chi connectivity index (χ4v) is 3.23. The molecule has 2 heterocycles. The number of nitrogens with two attached hydrogens (primary N) is 1. The number of nitrogens with one attached hydrogen (secondary N) is 1. The minimum Gasteiger partial charge on any atom is -0.374 e. The molecule has 2 fully saturated rings. The van der Waals surface area contributed by atoms with Gasteiger partial charge in [-0.15, -0.1) is 10.2 Å². The molecular formula is C20H25N5O2. The Hall–Kier alpha value is -2.51. The van der Waals surface area contributed by atoms with Crippen molar-refractivity contribution in [3.63, 3.8) is 0 Å². The lowest BCUT2D eigenvalue weighted by Gasteiger charge is -2.33. The van der Waals surface area contributed by atoms with E-state index in [-0.39, 0.29) is 12.0 Å². The fourth-order valence-electron chi connectivity index (χ4n) is 3.23. The summed E-state index contributed by atoms with van der Waals surface area (Å²) in [6.07, 6.45) is 3.21. The third-order valence-electron chi connectivity index (χ3n) is 4.94. The first-order valence-electron chi connectivity index (χ1n) is 9.54. The highest BCUT2D eigenvalue weighted by molar-refractivity contribution is 5.94. The summed E-state index contributed by atoms with van der Waals surface area (Å²) in [6.45, 7) is 2.34. The third-order valence-corrected chi connectivity index (χ3v) is 4.94. The molecule has 27 heavy (non-hydrogen) atoms. The Morgan fingerprint density at radius 2 is 2.00 bits per heavy atom. The molecule has 1 amide bonds. The second kappa shape index (κ2) is 8.02. The van der Waals surface area contributed by atoms with Crippen LogP contribution in [0.1, 0.15) is 29.6 Å². The number of anilines is 1. The first kappa shape index (κ1) is 17.9. The number of hydrogen-bond acceptors (Lipinski definition) is 6. The van der Waals surface area contributed by atoms with Gasteiger partial charge in [0.15, 0.2) is 0 Å². The molecular weight excluding hydrogens is 342 g/mol. The van der Waals surface area contributed by atoms with Crippen molar-refractivity contribution in [3.8, 4) is 11.3 Å². The number of carbonyl (C=O) groups is 1. The summed E-state index contributed by atoms with van der Waals surface area (Å²) in [6, 6.07) is 12.0. The number of hydrogen-bond donors (Lipinski definition) is 2. The Labute approximate surface area is 158 Å². The van der Waals surface area contributed by atoms with Crippen molar-refractivity contribution in [1.82, 2.24) is 15.1 Å². The lowest BCUT2D eigenvalue weighted by Crippen LogP contribution is -2.46. The van der Waals surface area contributed by atoms with E-state index in [1.165, 1.54) is 12.8 Å². The predicted octanol–water partition coefficient (Wildman–Crippen LogP) is 1.91. The van der Waals surface area contributed by atoms with Gasteiger partial charge in [0.1, 0.15) is 5.82 Å². The molecule has 1 aromatic heterocycles. The second-order valence-electron chi connectivity index (χ2n) is 7.12. The normalized spacial score (nSPS) is 19.7. The minimum absolute atomic E-state index is 0.0296. The van der Waals surface area contributed by atoms with Crippen LogP contribution in [0.25, 0.3) is 11.3 Å². The number of benzene rings is 1. The van der Waals surface area contributed by atoms with Crippen LogP contribution in [-0.4, -0.2) is 59.4 Å². The number of ether oxygens (including phenoxy) is 1. The molecule has 1 unspecified atom stereocenters. The average molecular weight is 367 g/mol. The maximum absolute atomic E-state index is 12.8. The van der Waals surface area contributed by atoms with Crippen molar-refractivity contribution < 1.29 is 9.53 Å². The van der Waals surface area contributed by atoms with E-state index in [9.17, 15) is 4.79 Å². The van der Waals surface area contributed by atoms with Gasteiger partial charge in [-0.25, -0.2) is 0 Å². The molecule has 7 heteroatoms. The van der Waals surface area contributed by atoms with Crippen LogP contribution in [0.15, 0.2) is 36.4 Å². The van der Waals surface area contributed by atoms with Crippen LogP contribution in [-0.2, 0) is 4.74 Å². The van der Waals surface area contributed by atoms with Crippen LogP contribution in [0.5, 0.6) is 0 Å². The highest BCUT2D eigenvalue weighted by Gasteiger charge is 2.24. The van der Waals surface area contributed by atoms with Crippen molar-refractivity contribution in [2.24, 2.45) is 5.73 Å². The zero-order chi connectivity index (χ0) is 18.6. The first-order chi connectivity index (χ1) is 13.2. The number of nitrogens with zero attached hydrogens (tertiary/aromatic N) is 3. The Balaban J connectivity index is 1.41. The van der Waals surface area contributed by atoms with Gasteiger partial charge in [0.2, 0.25) is 0 Å². The molecule has 4 rings (SSSR count). The molecule has 1 saturated heterocycles. The Morgan fingerprint density at radius 1 is 1.19 bits per heavy atom. The minimum atomic E-state index is 0.0296. The fraction of sp³-hybridized carbons (Fsp3) is 0.450. The van der Waals surface area contributed by atoms with Gasteiger partial charge in [0.25, 0.3) is 5.91 Å². The molecule has 0 spiro atoms. The quantitative estimate of drug-likeness (QED) is 0.810. The third kappa shape index (κ3) is 4.43. The van der Waals surface area contributed by atoms with Gasteiger partial charge < -0.3 is 20.7 Å². The van der Waals surface area contributed by atoms with Crippen molar-refractivity contribution in [2.45, 2.75) is 31.4 Å². The van der Waals surface area contributed by atoms with E-state index in [1.54, 1.807) is 0 Å². The van der Waals surface area contributed by atoms with E-state index in [0.29, 0.717) is 37.8 Å². The van der Waals surface area contributed by atoms with Crippen LogP contribution in [0.2, 0.25) is 0 Å². The summed E-state index contributed by atoms with van der Waals surface area (Å²) in [4.78, 5) is 14.6. The molecule has 3 N–H and O–H groups in total. The highest BCUT2D eigenvalue weighted by atomic mass is 16.5. The highest BCUT2D eigenvalue weighted by Crippen LogP contribution is 2.24. The van der Waals surface area contributed by atoms with Crippen LogP contribution in [0, 0.1) is 0 Å². The molecule has 0 radical (unpaired) electrons. The molecule has 2 aromatic rings. The molecule has 142 valence electrons. The molecule has 7 nitrogen and oxygen atoms in total. The van der Waals surface area contributed by atoms with Crippen LogP contribution >= 0.6 is 0 Å². The van der Waals surface area contributed by atoms with E-state index >= 15 is 0 Å². The molecule has 1 aromatic carbocycles. The number of morpholine rings is 1. The van der Waals surface area contributed by atoms with Gasteiger partial charge in [-0.3, -0.25) is 4.79 Å². The summed E-state index contributed by atoms with van der Waals surface area (Å²) >= 11 is 0.